The van der Waals surface area contributed by atoms with Crippen molar-refractivity contribution in [1.29, 1.82) is 0 Å². The average Bonchev–Trinajstić information content (AvgIpc) is 3.04. The van der Waals surface area contributed by atoms with Crippen LogP contribution in [0.2, 0.25) is 0 Å². The Morgan fingerprint density at radius 3 is 2.76 bits per heavy atom. The normalized spacial score (nSPS) is 20.3. The predicted octanol–water partition coefficient (Wildman–Crippen LogP) is 3.72. The summed E-state index contributed by atoms with van der Waals surface area (Å²) in [6.07, 6.45) is 10.1. The first kappa shape index (κ1) is 23.5. The van der Waals surface area contributed by atoms with Crippen LogP contribution in [0.3, 0.4) is 0 Å². The molecule has 178 valence electrons. The van der Waals surface area contributed by atoms with Crippen LogP contribution in [0.1, 0.15) is 75.1 Å². The molecular formula is C24H31N3O5S. The average molecular weight is 474 g/mol. The lowest BCUT2D eigenvalue weighted by Gasteiger charge is -2.29. The highest BCUT2D eigenvalue weighted by Gasteiger charge is 2.32. The number of hydrogen-bond acceptors (Lipinski definition) is 6. The number of allylic oxidation sites excluding steroid dienone is 1. The van der Waals surface area contributed by atoms with Gasteiger partial charge in [-0.05, 0) is 70.1 Å². The number of amidine groups is 1. The summed E-state index contributed by atoms with van der Waals surface area (Å²) < 4.78 is 34.8. The number of hydrogen-bond donors (Lipinski definition) is 1. The number of nitrogens with one attached hydrogen (secondary N) is 1. The van der Waals surface area contributed by atoms with Gasteiger partial charge >= 0.3 is 5.97 Å². The molecule has 1 amide bonds. The number of nitrogens with zero attached hydrogens (tertiary/aromatic N) is 2. The quantitative estimate of drug-likeness (QED) is 0.499. The number of esters is 1. The van der Waals surface area contributed by atoms with Crippen LogP contribution in [0.15, 0.2) is 39.1 Å². The summed E-state index contributed by atoms with van der Waals surface area (Å²) in [5, 5.41) is 2.81. The van der Waals surface area contributed by atoms with Crippen molar-refractivity contribution in [2.24, 2.45) is 4.40 Å². The van der Waals surface area contributed by atoms with Gasteiger partial charge in [0, 0.05) is 19.5 Å². The predicted molar refractivity (Wildman–Crippen MR) is 126 cm³/mol. The first-order chi connectivity index (χ1) is 15.8. The number of fused-ring (bicyclic) bond motifs is 3. The second kappa shape index (κ2) is 10.1. The van der Waals surface area contributed by atoms with Gasteiger partial charge in [-0.2, -0.15) is 8.42 Å². The molecule has 0 bridgehead atoms. The Labute approximate surface area is 195 Å². The first-order valence-electron chi connectivity index (χ1n) is 11.8. The van der Waals surface area contributed by atoms with Crippen molar-refractivity contribution in [3.8, 4) is 0 Å². The maximum atomic E-state index is 12.8. The number of rotatable bonds is 6. The Morgan fingerprint density at radius 1 is 1.15 bits per heavy atom. The lowest BCUT2D eigenvalue weighted by Crippen LogP contribution is -2.37. The highest BCUT2D eigenvalue weighted by Crippen LogP contribution is 2.35. The number of ether oxygens (including phenoxy) is 1. The minimum absolute atomic E-state index is 0.000427. The van der Waals surface area contributed by atoms with E-state index in [1.54, 1.807) is 12.1 Å². The van der Waals surface area contributed by atoms with Gasteiger partial charge < -0.3 is 15.0 Å². The zero-order valence-corrected chi connectivity index (χ0v) is 19.8. The zero-order chi connectivity index (χ0) is 23.4. The minimum atomic E-state index is -3.90. The van der Waals surface area contributed by atoms with E-state index in [4.69, 9.17) is 4.74 Å². The molecule has 1 N–H and O–H groups in total. The third kappa shape index (κ3) is 5.46. The Morgan fingerprint density at radius 2 is 1.97 bits per heavy atom. The van der Waals surface area contributed by atoms with Gasteiger partial charge in [0.05, 0.1) is 11.3 Å². The molecule has 0 saturated carbocycles. The number of anilines is 1. The number of benzene rings is 1. The fourth-order valence-corrected chi connectivity index (χ4v) is 5.79. The fraction of sp³-hybridized carbons (Fsp3) is 0.542. The van der Waals surface area contributed by atoms with Crippen molar-refractivity contribution in [2.45, 2.75) is 75.7 Å². The summed E-state index contributed by atoms with van der Waals surface area (Å²) in [6.45, 7) is 2.70. The van der Waals surface area contributed by atoms with Crippen LogP contribution in [0, 0.1) is 0 Å². The molecule has 1 aliphatic carbocycles. The van der Waals surface area contributed by atoms with E-state index in [1.807, 2.05) is 4.90 Å². The Balaban J connectivity index is 1.40. The first-order valence-corrected chi connectivity index (χ1v) is 13.2. The smallest absolute Gasteiger partial charge is 0.338 e. The number of carbonyl (C=O) groups excluding carboxylic acids is 2. The summed E-state index contributed by atoms with van der Waals surface area (Å²) in [7, 11) is -3.90. The SMILES string of the molecule is C[C@H](OC(=O)c1ccc2c(c1)S(=O)(=O)N=C1CCCCCN12)C(=O)NCCC1=CCCCC1. The van der Waals surface area contributed by atoms with E-state index in [0.29, 0.717) is 31.0 Å². The minimum Gasteiger partial charge on any atom is -0.449 e. The molecule has 1 aromatic rings. The molecular weight excluding hydrogens is 442 g/mol. The summed E-state index contributed by atoms with van der Waals surface area (Å²) in [6, 6.07) is 4.48. The van der Waals surface area contributed by atoms with E-state index in [2.05, 4.69) is 15.8 Å². The molecule has 8 nitrogen and oxygen atoms in total. The van der Waals surface area contributed by atoms with Crippen molar-refractivity contribution in [3.63, 3.8) is 0 Å². The Hall–Kier alpha value is -2.68. The highest BCUT2D eigenvalue weighted by molar-refractivity contribution is 7.90. The van der Waals surface area contributed by atoms with Crippen LogP contribution in [0.25, 0.3) is 0 Å². The standard InChI is InChI=1S/C24H31N3O5S/c1-17(23(28)25-14-13-18-8-4-2-5-9-18)32-24(29)19-11-12-20-21(16-19)33(30,31)26-22-10-6-3-7-15-27(20)22/h8,11-12,16-17H,2-7,9-10,13-15H2,1H3,(H,25,28)/t17-/m0/s1. The molecule has 1 saturated heterocycles. The molecule has 4 rings (SSSR count). The highest BCUT2D eigenvalue weighted by atomic mass is 32.2. The summed E-state index contributed by atoms with van der Waals surface area (Å²) in [4.78, 5) is 26.9. The fourth-order valence-electron chi connectivity index (χ4n) is 4.51. The second-order valence-corrected chi connectivity index (χ2v) is 10.4. The maximum Gasteiger partial charge on any atom is 0.338 e. The van der Waals surface area contributed by atoms with E-state index < -0.39 is 22.1 Å². The second-order valence-electron chi connectivity index (χ2n) is 8.82. The van der Waals surface area contributed by atoms with Gasteiger partial charge in [-0.15, -0.1) is 4.40 Å². The Kier molecular flexibility index (Phi) is 7.17. The van der Waals surface area contributed by atoms with E-state index in [0.717, 1.165) is 38.5 Å². The number of sulfonamides is 1. The molecule has 1 atom stereocenters. The van der Waals surface area contributed by atoms with Crippen LogP contribution in [0.5, 0.6) is 0 Å². The molecule has 2 aliphatic heterocycles. The van der Waals surface area contributed by atoms with E-state index in [1.165, 1.54) is 31.4 Å². The van der Waals surface area contributed by atoms with E-state index in [-0.39, 0.29) is 16.4 Å². The van der Waals surface area contributed by atoms with Crippen LogP contribution in [-0.2, 0) is 19.6 Å². The molecule has 0 radical (unpaired) electrons. The zero-order valence-electron chi connectivity index (χ0n) is 19.0. The molecule has 9 heteroatoms. The van der Waals surface area contributed by atoms with Crippen LogP contribution in [-0.4, -0.2) is 45.3 Å². The summed E-state index contributed by atoms with van der Waals surface area (Å²) in [5.41, 5.74) is 1.98. The molecule has 3 aliphatic rings. The van der Waals surface area contributed by atoms with Crippen molar-refractivity contribution in [1.82, 2.24) is 5.32 Å². The third-order valence-electron chi connectivity index (χ3n) is 6.37. The monoisotopic (exact) mass is 473 g/mol. The topological polar surface area (TPSA) is 105 Å². The van der Waals surface area contributed by atoms with E-state index >= 15 is 0 Å². The van der Waals surface area contributed by atoms with Gasteiger partial charge in [0.2, 0.25) is 0 Å². The summed E-state index contributed by atoms with van der Waals surface area (Å²) >= 11 is 0. The van der Waals surface area contributed by atoms with Gasteiger partial charge in [-0.3, -0.25) is 4.79 Å². The van der Waals surface area contributed by atoms with Gasteiger partial charge in [-0.25, -0.2) is 4.79 Å². The molecule has 1 fully saturated rings. The van der Waals surface area contributed by atoms with Crippen molar-refractivity contribution in [3.05, 3.63) is 35.4 Å². The van der Waals surface area contributed by atoms with Gasteiger partial charge in [-0.1, -0.05) is 18.1 Å². The lowest BCUT2D eigenvalue weighted by atomic mass is 9.97. The molecule has 33 heavy (non-hydrogen) atoms. The van der Waals surface area contributed by atoms with Crippen molar-refractivity contribution in [2.75, 3.05) is 18.0 Å². The summed E-state index contributed by atoms with van der Waals surface area (Å²) in [5.74, 6) is -0.551. The molecule has 0 unspecified atom stereocenters. The maximum absolute atomic E-state index is 12.8. The molecule has 0 spiro atoms. The molecule has 2 heterocycles. The molecule has 0 aromatic heterocycles. The van der Waals surface area contributed by atoms with Crippen LogP contribution < -0.4 is 10.2 Å². The van der Waals surface area contributed by atoms with Crippen molar-refractivity contribution >= 4 is 33.4 Å². The number of amides is 1. The van der Waals surface area contributed by atoms with Gasteiger partial charge in [0.1, 0.15) is 10.7 Å². The van der Waals surface area contributed by atoms with Crippen LogP contribution in [0.4, 0.5) is 5.69 Å². The largest absolute Gasteiger partial charge is 0.449 e. The molecule has 1 aromatic carbocycles. The Bertz CT molecular complexity index is 1090. The lowest BCUT2D eigenvalue weighted by molar-refractivity contribution is -0.129. The van der Waals surface area contributed by atoms with Gasteiger partial charge in [0.15, 0.2) is 6.10 Å². The number of carbonyl (C=O) groups is 2. The third-order valence-corrected chi connectivity index (χ3v) is 7.70. The van der Waals surface area contributed by atoms with Crippen LogP contribution >= 0.6 is 0 Å². The van der Waals surface area contributed by atoms with Gasteiger partial charge in [0.25, 0.3) is 15.9 Å². The van der Waals surface area contributed by atoms with E-state index in [9.17, 15) is 18.0 Å². The van der Waals surface area contributed by atoms with Crippen molar-refractivity contribution < 1.29 is 22.7 Å².